The van der Waals surface area contributed by atoms with E-state index in [0.29, 0.717) is 22.1 Å². The van der Waals surface area contributed by atoms with Crippen LogP contribution in [0.5, 0.6) is 0 Å². The lowest BCUT2D eigenvalue weighted by Crippen LogP contribution is -2.34. The average molecular weight is 368 g/mol. The van der Waals surface area contributed by atoms with E-state index in [1.54, 1.807) is 12.1 Å². The summed E-state index contributed by atoms with van der Waals surface area (Å²) in [5.74, 6) is 1.29. The molecule has 0 saturated carbocycles. The highest BCUT2D eigenvalue weighted by atomic mass is 35.5. The van der Waals surface area contributed by atoms with Crippen molar-refractivity contribution in [3.05, 3.63) is 29.3 Å². The second kappa shape index (κ2) is 9.08. The predicted molar refractivity (Wildman–Crippen MR) is 97.1 cm³/mol. The van der Waals surface area contributed by atoms with Gasteiger partial charge in [0.2, 0.25) is 11.8 Å². The van der Waals surface area contributed by atoms with E-state index in [4.69, 9.17) is 16.0 Å². The van der Waals surface area contributed by atoms with E-state index < -0.39 is 0 Å². The van der Waals surface area contributed by atoms with Gasteiger partial charge in [-0.3, -0.25) is 4.79 Å². The van der Waals surface area contributed by atoms with E-state index in [1.807, 2.05) is 19.1 Å². The van der Waals surface area contributed by atoms with Crippen molar-refractivity contribution >= 4 is 29.3 Å². The number of hydrogen-bond donors (Lipinski definition) is 1. The molecule has 24 heavy (non-hydrogen) atoms. The van der Waals surface area contributed by atoms with Crippen LogP contribution in [0, 0.1) is 5.92 Å². The summed E-state index contributed by atoms with van der Waals surface area (Å²) in [6.45, 7) is 6.38. The summed E-state index contributed by atoms with van der Waals surface area (Å²) in [6, 6.07) is 7.33. The number of carbonyl (C=O) groups excluding carboxylic acids is 1. The fraction of sp³-hybridized carbons (Fsp3) is 0.471. The van der Waals surface area contributed by atoms with Crippen LogP contribution in [0.2, 0.25) is 5.02 Å². The number of amides is 1. The number of aromatic nitrogens is 2. The van der Waals surface area contributed by atoms with Crippen molar-refractivity contribution in [2.45, 2.75) is 44.9 Å². The van der Waals surface area contributed by atoms with Gasteiger partial charge in [-0.05, 0) is 49.9 Å². The highest BCUT2D eigenvalue weighted by molar-refractivity contribution is 7.99. The average Bonchev–Trinajstić information content (AvgIpc) is 3.00. The third-order valence-electron chi connectivity index (χ3n) is 3.41. The predicted octanol–water partition coefficient (Wildman–Crippen LogP) is 4.42. The molecule has 0 aliphatic heterocycles. The molecule has 1 amide bonds. The first-order valence-electron chi connectivity index (χ1n) is 7.95. The van der Waals surface area contributed by atoms with Gasteiger partial charge < -0.3 is 9.73 Å². The Balaban J connectivity index is 1.80. The molecule has 130 valence electrons. The van der Waals surface area contributed by atoms with Crippen LogP contribution in [0.3, 0.4) is 0 Å². The quantitative estimate of drug-likeness (QED) is 0.699. The summed E-state index contributed by atoms with van der Waals surface area (Å²) in [5.41, 5.74) is 0.797. The van der Waals surface area contributed by atoms with Crippen molar-refractivity contribution in [3.63, 3.8) is 0 Å². The van der Waals surface area contributed by atoms with E-state index in [0.717, 1.165) is 18.4 Å². The Kier molecular flexibility index (Phi) is 7.12. The second-order valence-electron chi connectivity index (χ2n) is 6.11. The molecule has 2 aromatic rings. The van der Waals surface area contributed by atoms with E-state index >= 15 is 0 Å². The molecule has 0 spiro atoms. The molecule has 5 nitrogen and oxygen atoms in total. The Morgan fingerprint density at radius 2 is 1.92 bits per heavy atom. The van der Waals surface area contributed by atoms with Crippen LogP contribution in [0.25, 0.3) is 11.5 Å². The molecule has 0 aliphatic carbocycles. The van der Waals surface area contributed by atoms with Gasteiger partial charge in [0.15, 0.2) is 0 Å². The van der Waals surface area contributed by atoms with Gasteiger partial charge >= 0.3 is 0 Å². The smallest absolute Gasteiger partial charge is 0.277 e. The van der Waals surface area contributed by atoms with Crippen LogP contribution in [-0.4, -0.2) is 27.9 Å². The van der Waals surface area contributed by atoms with Crippen molar-refractivity contribution in [1.29, 1.82) is 0 Å². The fourth-order valence-electron chi connectivity index (χ4n) is 2.08. The van der Waals surface area contributed by atoms with Crippen molar-refractivity contribution in [2.75, 3.05) is 5.75 Å². The Morgan fingerprint density at radius 1 is 1.21 bits per heavy atom. The van der Waals surface area contributed by atoms with Crippen LogP contribution in [0.15, 0.2) is 33.9 Å². The Labute approximate surface area is 151 Å². The molecule has 1 aromatic carbocycles. The lowest BCUT2D eigenvalue weighted by molar-refractivity contribution is -0.119. The summed E-state index contributed by atoms with van der Waals surface area (Å²) in [7, 11) is 0. The SMILES string of the molecule is CC(C)CCC(C)NC(=O)CSc1nnc(-c2ccc(Cl)cc2)o1. The van der Waals surface area contributed by atoms with Gasteiger partial charge in [-0.25, -0.2) is 0 Å². The highest BCUT2D eigenvalue weighted by Gasteiger charge is 2.13. The lowest BCUT2D eigenvalue weighted by Gasteiger charge is -2.14. The fourth-order valence-corrected chi connectivity index (χ4v) is 2.78. The maximum absolute atomic E-state index is 11.9. The molecule has 0 bridgehead atoms. The molecule has 1 unspecified atom stereocenters. The number of rotatable bonds is 8. The van der Waals surface area contributed by atoms with E-state index in [1.165, 1.54) is 11.8 Å². The van der Waals surface area contributed by atoms with E-state index in [-0.39, 0.29) is 17.7 Å². The van der Waals surface area contributed by atoms with Gasteiger partial charge in [-0.15, -0.1) is 10.2 Å². The molecule has 1 heterocycles. The van der Waals surface area contributed by atoms with E-state index in [2.05, 4.69) is 29.4 Å². The van der Waals surface area contributed by atoms with Crippen LogP contribution in [0.4, 0.5) is 0 Å². The molecule has 1 aromatic heterocycles. The zero-order valence-corrected chi connectivity index (χ0v) is 15.7. The van der Waals surface area contributed by atoms with Gasteiger partial charge in [-0.1, -0.05) is 37.2 Å². The normalized spacial score (nSPS) is 12.4. The Morgan fingerprint density at radius 3 is 2.58 bits per heavy atom. The second-order valence-corrected chi connectivity index (χ2v) is 7.47. The first kappa shape index (κ1) is 18.8. The number of carbonyl (C=O) groups is 1. The van der Waals surface area contributed by atoms with Gasteiger partial charge in [0, 0.05) is 16.6 Å². The van der Waals surface area contributed by atoms with Gasteiger partial charge in [-0.2, -0.15) is 0 Å². The van der Waals surface area contributed by atoms with Crippen LogP contribution in [-0.2, 0) is 4.79 Å². The molecule has 0 fully saturated rings. The summed E-state index contributed by atoms with van der Waals surface area (Å²) < 4.78 is 5.56. The molecule has 1 N–H and O–H groups in total. The van der Waals surface area contributed by atoms with Crippen molar-refractivity contribution in [3.8, 4) is 11.5 Å². The third-order valence-corrected chi connectivity index (χ3v) is 4.48. The molecular weight excluding hydrogens is 346 g/mol. The molecule has 0 aliphatic rings. The standard InChI is InChI=1S/C17H22ClN3O2S/c1-11(2)4-5-12(3)19-15(22)10-24-17-21-20-16(23-17)13-6-8-14(18)9-7-13/h6-9,11-12H,4-5,10H2,1-3H3,(H,19,22). The highest BCUT2D eigenvalue weighted by Crippen LogP contribution is 2.24. The Bertz CT molecular complexity index is 658. The largest absolute Gasteiger partial charge is 0.411 e. The van der Waals surface area contributed by atoms with Gasteiger partial charge in [0.1, 0.15) is 0 Å². The summed E-state index contributed by atoms with van der Waals surface area (Å²) in [5, 5.41) is 12.0. The maximum atomic E-state index is 11.9. The third kappa shape index (κ3) is 6.17. The van der Waals surface area contributed by atoms with Crippen molar-refractivity contribution in [1.82, 2.24) is 15.5 Å². The first-order valence-corrected chi connectivity index (χ1v) is 9.32. The monoisotopic (exact) mass is 367 g/mol. The number of benzene rings is 1. The van der Waals surface area contributed by atoms with Crippen molar-refractivity contribution < 1.29 is 9.21 Å². The zero-order chi connectivity index (χ0) is 17.5. The van der Waals surface area contributed by atoms with Crippen molar-refractivity contribution in [2.24, 2.45) is 5.92 Å². The first-order chi connectivity index (χ1) is 11.4. The number of nitrogens with one attached hydrogen (secondary N) is 1. The molecular formula is C17H22ClN3O2S. The van der Waals surface area contributed by atoms with E-state index in [9.17, 15) is 4.79 Å². The van der Waals surface area contributed by atoms with Gasteiger partial charge in [0.05, 0.1) is 5.75 Å². The number of thioether (sulfide) groups is 1. The minimum absolute atomic E-state index is 0.0255. The summed E-state index contributed by atoms with van der Waals surface area (Å²) >= 11 is 7.09. The Hall–Kier alpha value is -1.53. The summed E-state index contributed by atoms with van der Waals surface area (Å²) in [6.07, 6.45) is 2.08. The molecule has 0 saturated heterocycles. The number of nitrogens with zero attached hydrogens (tertiary/aromatic N) is 2. The summed E-state index contributed by atoms with van der Waals surface area (Å²) in [4.78, 5) is 11.9. The number of hydrogen-bond acceptors (Lipinski definition) is 5. The van der Waals surface area contributed by atoms with Crippen LogP contribution >= 0.6 is 23.4 Å². The molecule has 2 rings (SSSR count). The zero-order valence-electron chi connectivity index (χ0n) is 14.1. The minimum atomic E-state index is -0.0255. The molecule has 7 heteroatoms. The van der Waals surface area contributed by atoms with Crippen LogP contribution in [0.1, 0.15) is 33.6 Å². The van der Waals surface area contributed by atoms with Gasteiger partial charge in [0.25, 0.3) is 5.22 Å². The maximum Gasteiger partial charge on any atom is 0.277 e. The number of halogens is 1. The lowest BCUT2D eigenvalue weighted by atomic mass is 10.0. The van der Waals surface area contributed by atoms with Crippen LogP contribution < -0.4 is 5.32 Å². The minimum Gasteiger partial charge on any atom is -0.411 e. The topological polar surface area (TPSA) is 68.0 Å². The molecule has 1 atom stereocenters. The molecule has 0 radical (unpaired) electrons.